The molecule has 1 aromatic carbocycles. The second-order valence-electron chi connectivity index (χ2n) is 3.66. The van der Waals surface area contributed by atoms with Crippen LogP contribution in [0.3, 0.4) is 0 Å². The first-order valence-electron chi connectivity index (χ1n) is 5.05. The molecule has 7 heteroatoms. The van der Waals surface area contributed by atoms with Gasteiger partial charge in [0.15, 0.2) is 5.91 Å². The molecule has 0 saturated carbocycles. The van der Waals surface area contributed by atoms with Crippen LogP contribution in [-0.2, 0) is 16.7 Å². The summed E-state index contributed by atoms with van der Waals surface area (Å²) in [5.74, 6) is -0.0214. The molecule has 1 rings (SSSR count). The Labute approximate surface area is 107 Å². The van der Waals surface area contributed by atoms with Crippen molar-refractivity contribution in [2.45, 2.75) is 18.0 Å². The molecule has 0 bridgehead atoms. The lowest BCUT2D eigenvalue weighted by molar-refractivity contribution is -0.137. The highest BCUT2D eigenvalue weighted by Crippen LogP contribution is 2.29. The number of amides is 1. The first kappa shape index (κ1) is 14.8. The van der Waals surface area contributed by atoms with Gasteiger partial charge in [0.2, 0.25) is 0 Å². The molecule has 3 nitrogen and oxygen atoms in total. The number of halogens is 3. The van der Waals surface area contributed by atoms with Gasteiger partial charge in [-0.1, -0.05) is 12.1 Å². The fourth-order valence-electron chi connectivity index (χ4n) is 1.17. The minimum Gasteiger partial charge on any atom is -0.666 e. The van der Waals surface area contributed by atoms with E-state index in [1.807, 2.05) is 0 Å². The number of carbonyl (C=O) groups excluding carboxylic acids is 1. The van der Waals surface area contributed by atoms with E-state index in [4.69, 9.17) is 11.5 Å². The van der Waals surface area contributed by atoms with Crippen molar-refractivity contribution in [3.05, 3.63) is 41.1 Å². The SMILES string of the molecule is [NH-]C(CSCc1ccc(C(F)(F)F)cc1)C(N)=O. The number of nitrogens with one attached hydrogen (secondary N) is 1. The molecule has 0 aliphatic rings. The second-order valence-corrected chi connectivity index (χ2v) is 4.70. The summed E-state index contributed by atoms with van der Waals surface area (Å²) in [5, 5.41) is 0. The number of carbonyl (C=O) groups is 1. The van der Waals surface area contributed by atoms with Gasteiger partial charge in [-0.15, -0.1) is 0 Å². The molecule has 18 heavy (non-hydrogen) atoms. The van der Waals surface area contributed by atoms with Crippen molar-refractivity contribution in [1.82, 2.24) is 0 Å². The van der Waals surface area contributed by atoms with Crippen molar-refractivity contribution in [3.63, 3.8) is 0 Å². The smallest absolute Gasteiger partial charge is 0.416 e. The first-order valence-corrected chi connectivity index (χ1v) is 6.20. The molecule has 1 amide bonds. The van der Waals surface area contributed by atoms with Crippen LogP contribution in [0.25, 0.3) is 5.73 Å². The normalized spacial score (nSPS) is 13.3. The minimum absolute atomic E-state index is 0.232. The van der Waals surface area contributed by atoms with E-state index in [0.717, 1.165) is 12.1 Å². The molecule has 0 saturated heterocycles. The number of nitrogens with two attached hydrogens (primary N) is 1. The molecule has 1 unspecified atom stereocenters. The summed E-state index contributed by atoms with van der Waals surface area (Å²) in [7, 11) is 0. The zero-order valence-corrected chi connectivity index (χ0v) is 10.1. The lowest BCUT2D eigenvalue weighted by atomic mass is 10.1. The van der Waals surface area contributed by atoms with E-state index in [2.05, 4.69) is 0 Å². The predicted octanol–water partition coefficient (Wildman–Crippen LogP) is 2.84. The van der Waals surface area contributed by atoms with Gasteiger partial charge >= 0.3 is 6.18 Å². The van der Waals surface area contributed by atoms with Gasteiger partial charge in [-0.2, -0.15) is 24.9 Å². The highest BCUT2D eigenvalue weighted by atomic mass is 32.2. The van der Waals surface area contributed by atoms with Gasteiger partial charge < -0.3 is 11.5 Å². The Morgan fingerprint density at radius 1 is 1.33 bits per heavy atom. The molecular weight excluding hydrogens is 265 g/mol. The standard InChI is InChI=1S/C11H12F3N2OS/c12-11(13,14)8-3-1-7(2-4-8)5-18-6-9(15)10(16)17/h1-4,9,15H,5-6H2,(H2,16,17)/q-1. The highest BCUT2D eigenvalue weighted by molar-refractivity contribution is 7.98. The fourth-order valence-corrected chi connectivity index (χ4v) is 2.11. The van der Waals surface area contributed by atoms with Crippen molar-refractivity contribution in [1.29, 1.82) is 0 Å². The van der Waals surface area contributed by atoms with Crippen LogP contribution in [0.2, 0.25) is 0 Å². The van der Waals surface area contributed by atoms with Gasteiger partial charge in [0.05, 0.1) is 5.56 Å². The summed E-state index contributed by atoms with van der Waals surface area (Å²) >= 11 is 1.29. The second kappa shape index (κ2) is 6.10. The van der Waals surface area contributed by atoms with Crippen LogP contribution < -0.4 is 5.73 Å². The zero-order chi connectivity index (χ0) is 13.8. The summed E-state index contributed by atoms with van der Waals surface area (Å²) in [4.78, 5) is 10.6. The van der Waals surface area contributed by atoms with Crippen LogP contribution in [0.1, 0.15) is 11.1 Å². The molecule has 0 spiro atoms. The Balaban J connectivity index is 2.47. The monoisotopic (exact) mass is 277 g/mol. The molecule has 0 fully saturated rings. The fraction of sp³-hybridized carbons (Fsp3) is 0.364. The van der Waals surface area contributed by atoms with Crippen LogP contribution >= 0.6 is 11.8 Å². The van der Waals surface area contributed by atoms with Crippen LogP contribution in [0, 0.1) is 0 Å². The number of primary amides is 1. The molecular formula is C11H12F3N2OS-. The Kier molecular flexibility index (Phi) is 5.03. The summed E-state index contributed by atoms with van der Waals surface area (Å²) in [6, 6.07) is 3.83. The molecule has 0 radical (unpaired) electrons. The van der Waals surface area contributed by atoms with Gasteiger partial charge in [-0.05, 0) is 29.5 Å². The van der Waals surface area contributed by atoms with E-state index >= 15 is 0 Å². The van der Waals surface area contributed by atoms with Crippen molar-refractivity contribution in [2.24, 2.45) is 5.73 Å². The Bertz CT molecular complexity index is 406. The average Bonchev–Trinajstić information content (AvgIpc) is 2.28. The van der Waals surface area contributed by atoms with Gasteiger partial charge in [0, 0.05) is 5.75 Å². The maximum Gasteiger partial charge on any atom is 0.416 e. The van der Waals surface area contributed by atoms with E-state index in [1.54, 1.807) is 0 Å². The number of rotatable bonds is 5. The first-order chi connectivity index (χ1) is 8.30. The number of hydrogen-bond acceptors (Lipinski definition) is 2. The van der Waals surface area contributed by atoms with Crippen LogP contribution in [0.4, 0.5) is 13.2 Å². The lowest BCUT2D eigenvalue weighted by Crippen LogP contribution is -2.26. The summed E-state index contributed by atoms with van der Waals surface area (Å²) in [6.07, 6.45) is -4.33. The quantitative estimate of drug-likeness (QED) is 0.899. The third-order valence-corrected chi connectivity index (χ3v) is 3.28. The van der Waals surface area contributed by atoms with Crippen molar-refractivity contribution >= 4 is 17.7 Å². The van der Waals surface area contributed by atoms with Crippen molar-refractivity contribution < 1.29 is 18.0 Å². The number of thioether (sulfide) groups is 1. The average molecular weight is 277 g/mol. The number of alkyl halides is 3. The molecule has 0 heterocycles. The highest BCUT2D eigenvalue weighted by Gasteiger charge is 2.29. The number of hydrogen-bond donors (Lipinski definition) is 1. The maximum atomic E-state index is 12.3. The summed E-state index contributed by atoms with van der Waals surface area (Å²) in [5.41, 5.74) is 12.2. The zero-order valence-electron chi connectivity index (χ0n) is 9.33. The Hall–Kier alpha value is -1.21. The minimum atomic E-state index is -4.33. The third-order valence-electron chi connectivity index (χ3n) is 2.18. The third kappa shape index (κ3) is 4.58. The van der Waals surface area contributed by atoms with Gasteiger partial charge in [0.25, 0.3) is 0 Å². The molecule has 0 aromatic heterocycles. The van der Waals surface area contributed by atoms with Crippen molar-refractivity contribution in [3.8, 4) is 0 Å². The van der Waals surface area contributed by atoms with Crippen LogP contribution in [-0.4, -0.2) is 17.7 Å². The van der Waals surface area contributed by atoms with Gasteiger partial charge in [0.1, 0.15) is 0 Å². The molecule has 3 N–H and O–H groups in total. The van der Waals surface area contributed by atoms with E-state index < -0.39 is 23.7 Å². The molecule has 100 valence electrons. The maximum absolute atomic E-state index is 12.3. The van der Waals surface area contributed by atoms with Gasteiger partial charge in [-0.25, -0.2) is 0 Å². The molecule has 1 aromatic rings. The van der Waals surface area contributed by atoms with E-state index in [-0.39, 0.29) is 5.75 Å². The van der Waals surface area contributed by atoms with E-state index in [9.17, 15) is 18.0 Å². The van der Waals surface area contributed by atoms with Crippen LogP contribution in [0.15, 0.2) is 24.3 Å². The van der Waals surface area contributed by atoms with Gasteiger partial charge in [-0.3, -0.25) is 4.79 Å². The Morgan fingerprint density at radius 2 is 1.89 bits per heavy atom. The van der Waals surface area contributed by atoms with Crippen molar-refractivity contribution in [2.75, 3.05) is 5.75 Å². The Morgan fingerprint density at radius 3 is 2.33 bits per heavy atom. The summed E-state index contributed by atoms with van der Waals surface area (Å²) < 4.78 is 36.9. The number of benzene rings is 1. The lowest BCUT2D eigenvalue weighted by Gasteiger charge is -2.14. The van der Waals surface area contributed by atoms with Crippen LogP contribution in [0.5, 0.6) is 0 Å². The topological polar surface area (TPSA) is 66.9 Å². The summed E-state index contributed by atoms with van der Waals surface area (Å²) in [6.45, 7) is 0. The molecule has 0 aliphatic heterocycles. The predicted molar refractivity (Wildman–Crippen MR) is 64.9 cm³/mol. The van der Waals surface area contributed by atoms with E-state index in [1.165, 1.54) is 23.9 Å². The molecule has 0 aliphatic carbocycles. The molecule has 1 atom stereocenters. The largest absolute Gasteiger partial charge is 0.666 e. The van der Waals surface area contributed by atoms with E-state index in [0.29, 0.717) is 11.3 Å².